The van der Waals surface area contributed by atoms with Gasteiger partial charge in [-0.25, -0.2) is 4.79 Å². The summed E-state index contributed by atoms with van der Waals surface area (Å²) < 4.78 is 0. The van der Waals surface area contributed by atoms with Crippen molar-refractivity contribution in [3.8, 4) is 0 Å². The zero-order valence-electron chi connectivity index (χ0n) is 6.66. The maximum Gasteiger partial charge on any atom is 0.404 e. The predicted octanol–water partition coefficient (Wildman–Crippen LogP) is 1.04. The quantitative estimate of drug-likeness (QED) is 0.225. The third kappa shape index (κ3) is 17.6. The Balaban J connectivity index is 0. The summed E-state index contributed by atoms with van der Waals surface area (Å²) in [6.45, 7) is 1.74. The van der Waals surface area contributed by atoms with Crippen molar-refractivity contribution in [2.75, 3.05) is 13.3 Å². The van der Waals surface area contributed by atoms with Gasteiger partial charge in [0.2, 0.25) is 0 Å². The van der Waals surface area contributed by atoms with Crippen LogP contribution in [0.3, 0.4) is 0 Å². The topological polar surface area (TPSA) is 81.9 Å². The molecule has 0 radical (unpaired) electrons. The van der Waals surface area contributed by atoms with Gasteiger partial charge in [0.25, 0.3) is 0 Å². The highest BCUT2D eigenvalue weighted by Gasteiger charge is 1.78. The van der Waals surface area contributed by atoms with Crippen molar-refractivity contribution in [2.45, 2.75) is 6.92 Å². The van der Waals surface area contributed by atoms with Crippen molar-refractivity contribution in [3.63, 3.8) is 0 Å². The molecule has 0 rings (SSSR count). The van der Waals surface area contributed by atoms with E-state index in [-0.39, 0.29) is 0 Å². The summed E-state index contributed by atoms with van der Waals surface area (Å²) in [5, 5.41) is 21.0. The molecule has 0 atom stereocenters. The van der Waals surface area contributed by atoms with Gasteiger partial charge in [0.15, 0.2) is 0 Å². The largest absolute Gasteiger partial charge is 0.465 e. The van der Waals surface area contributed by atoms with Crippen molar-refractivity contribution in [1.29, 1.82) is 0 Å². The molecule has 0 heterocycles. The van der Waals surface area contributed by atoms with E-state index in [9.17, 15) is 4.79 Å². The molecule has 6 heteroatoms. The van der Waals surface area contributed by atoms with E-state index in [2.05, 4.69) is 5.16 Å². The Morgan fingerprint density at radius 3 is 2.00 bits per heavy atom. The normalized spacial score (nSPS) is 9.55. The van der Waals surface area contributed by atoms with Gasteiger partial charge in [-0.3, -0.25) is 0 Å². The van der Waals surface area contributed by atoms with Crippen LogP contribution in [0.2, 0.25) is 0 Å². The highest BCUT2D eigenvalue weighted by Crippen LogP contribution is 1.92. The fraction of sp³-hybridized carbons (Fsp3) is 0.600. The van der Waals surface area contributed by atoms with Gasteiger partial charge in [0.1, 0.15) is 5.04 Å². The third-order valence-electron chi connectivity index (χ3n) is 0.650. The van der Waals surface area contributed by atoms with E-state index in [4.69, 9.17) is 10.3 Å². The van der Waals surface area contributed by atoms with E-state index < -0.39 is 6.09 Å². The van der Waals surface area contributed by atoms with Gasteiger partial charge in [-0.05, 0) is 13.2 Å². The molecule has 0 saturated carbocycles. The van der Waals surface area contributed by atoms with Crippen LogP contribution in [-0.4, -0.2) is 34.8 Å². The Bertz CT molecular complexity index is 138. The molecule has 66 valence electrons. The second-order valence-electron chi connectivity index (χ2n) is 1.38. The number of carbonyl (C=O) groups is 1. The van der Waals surface area contributed by atoms with E-state index in [1.165, 1.54) is 18.8 Å². The van der Waals surface area contributed by atoms with Gasteiger partial charge in [0.05, 0.1) is 0 Å². The molecule has 0 unspecified atom stereocenters. The maximum atomic E-state index is 9.26. The number of oxime groups is 1. The molecule has 0 aromatic heterocycles. The first-order valence-corrected chi connectivity index (χ1v) is 3.94. The van der Waals surface area contributed by atoms with Gasteiger partial charge in [-0.1, -0.05) is 5.16 Å². The SMILES string of the molecule is CNC(=O)O.CS/C(C)=N\O. The average molecular weight is 180 g/mol. The zero-order chi connectivity index (χ0) is 9.28. The van der Waals surface area contributed by atoms with Crippen LogP contribution >= 0.6 is 11.8 Å². The molecule has 0 aliphatic heterocycles. The number of rotatable bonds is 0. The Hall–Kier alpha value is -0.910. The first-order valence-electron chi connectivity index (χ1n) is 2.71. The second-order valence-corrected chi connectivity index (χ2v) is 2.38. The zero-order valence-corrected chi connectivity index (χ0v) is 7.47. The highest BCUT2D eigenvalue weighted by molar-refractivity contribution is 8.13. The molecule has 0 aliphatic rings. The Morgan fingerprint density at radius 2 is 2.00 bits per heavy atom. The first kappa shape index (κ1) is 12.7. The number of nitrogens with one attached hydrogen (secondary N) is 1. The summed E-state index contributed by atoms with van der Waals surface area (Å²) in [6.07, 6.45) is 0.861. The number of amides is 1. The van der Waals surface area contributed by atoms with Crippen molar-refractivity contribution in [2.24, 2.45) is 5.16 Å². The van der Waals surface area contributed by atoms with Crippen LogP contribution < -0.4 is 5.32 Å². The molecule has 3 N–H and O–H groups in total. The van der Waals surface area contributed by atoms with E-state index >= 15 is 0 Å². The van der Waals surface area contributed by atoms with Crippen LogP contribution in [0.1, 0.15) is 6.92 Å². The smallest absolute Gasteiger partial charge is 0.404 e. The molecule has 11 heavy (non-hydrogen) atoms. The van der Waals surface area contributed by atoms with E-state index in [1.807, 2.05) is 11.6 Å². The number of carboxylic acid groups (broad SMARTS) is 1. The van der Waals surface area contributed by atoms with Gasteiger partial charge < -0.3 is 15.6 Å². The molecule has 0 bridgehead atoms. The summed E-state index contributed by atoms with van der Waals surface area (Å²) >= 11 is 1.42. The lowest BCUT2D eigenvalue weighted by Crippen LogP contribution is -2.13. The monoisotopic (exact) mass is 180 g/mol. The summed E-state index contributed by atoms with van der Waals surface area (Å²) in [4.78, 5) is 9.26. The molecule has 0 aliphatic carbocycles. The standard InChI is InChI=1S/C3H7NOS.C2H5NO2/c1-3(4-5)6-2;1-3-2(4)5/h5H,1-2H3;3H,1H3,(H,4,5)/b4-3-;. The molecule has 0 spiro atoms. The Morgan fingerprint density at radius 1 is 1.64 bits per heavy atom. The van der Waals surface area contributed by atoms with Crippen molar-refractivity contribution >= 4 is 22.9 Å². The number of thioether (sulfide) groups is 1. The maximum absolute atomic E-state index is 9.26. The minimum Gasteiger partial charge on any atom is -0.465 e. The van der Waals surface area contributed by atoms with Crippen LogP contribution in [0.15, 0.2) is 5.16 Å². The van der Waals surface area contributed by atoms with Gasteiger partial charge in [-0.15, -0.1) is 11.8 Å². The lowest BCUT2D eigenvalue weighted by molar-refractivity contribution is 0.197. The van der Waals surface area contributed by atoms with E-state index in [0.29, 0.717) is 5.04 Å². The Labute approximate surface area is 69.5 Å². The predicted molar refractivity (Wildman–Crippen MR) is 45.5 cm³/mol. The minimum atomic E-state index is -0.995. The molecular formula is C5H12N2O3S. The van der Waals surface area contributed by atoms with Crippen LogP contribution in [-0.2, 0) is 0 Å². The molecule has 1 amide bonds. The van der Waals surface area contributed by atoms with Crippen molar-refractivity contribution in [3.05, 3.63) is 0 Å². The highest BCUT2D eigenvalue weighted by atomic mass is 32.2. The summed E-state index contributed by atoms with van der Waals surface area (Å²) in [6, 6.07) is 0. The van der Waals surface area contributed by atoms with Crippen LogP contribution in [0.25, 0.3) is 0 Å². The van der Waals surface area contributed by atoms with Crippen molar-refractivity contribution < 1.29 is 15.1 Å². The van der Waals surface area contributed by atoms with Crippen LogP contribution in [0, 0.1) is 0 Å². The second kappa shape index (κ2) is 9.09. The summed E-state index contributed by atoms with van der Waals surface area (Å²) in [7, 11) is 1.35. The van der Waals surface area contributed by atoms with Gasteiger partial charge in [-0.2, -0.15) is 0 Å². The molecular weight excluding hydrogens is 168 g/mol. The lowest BCUT2D eigenvalue weighted by atomic mass is 10.9. The Kier molecular flexibility index (Phi) is 10.5. The lowest BCUT2D eigenvalue weighted by Gasteiger charge is -1.81. The van der Waals surface area contributed by atoms with Gasteiger partial charge >= 0.3 is 6.09 Å². The fourth-order valence-corrected chi connectivity index (χ4v) is 0.122. The van der Waals surface area contributed by atoms with E-state index in [0.717, 1.165) is 0 Å². The van der Waals surface area contributed by atoms with Gasteiger partial charge in [0, 0.05) is 7.05 Å². The number of hydrogen-bond donors (Lipinski definition) is 3. The van der Waals surface area contributed by atoms with Crippen LogP contribution in [0.4, 0.5) is 4.79 Å². The molecule has 5 nitrogen and oxygen atoms in total. The third-order valence-corrected chi connectivity index (χ3v) is 1.32. The van der Waals surface area contributed by atoms with Crippen LogP contribution in [0.5, 0.6) is 0 Å². The number of hydrogen-bond acceptors (Lipinski definition) is 4. The van der Waals surface area contributed by atoms with E-state index in [1.54, 1.807) is 6.92 Å². The summed E-state index contributed by atoms with van der Waals surface area (Å²) in [5.74, 6) is 0. The molecule has 0 aromatic rings. The molecule has 0 aromatic carbocycles. The molecule has 0 fully saturated rings. The van der Waals surface area contributed by atoms with Crippen molar-refractivity contribution in [1.82, 2.24) is 5.32 Å². The summed E-state index contributed by atoms with van der Waals surface area (Å²) in [5.41, 5.74) is 0. The minimum absolute atomic E-state index is 0.690. The first-order chi connectivity index (χ1) is 5.08. The molecule has 0 saturated heterocycles. The fourth-order valence-electron chi connectivity index (χ4n) is 0.0408. The average Bonchev–Trinajstić information content (AvgIpc) is 2.04. The number of nitrogens with zero attached hydrogens (tertiary/aromatic N) is 1.